The molecule has 0 heterocycles. The summed E-state index contributed by atoms with van der Waals surface area (Å²) in [5.74, 6) is -0.696. The number of halogens is 1. The molecule has 0 radical (unpaired) electrons. The molecule has 0 aliphatic rings. The Labute approximate surface area is 92.1 Å². The molecule has 0 aliphatic heterocycles. The van der Waals surface area contributed by atoms with E-state index in [0.29, 0.717) is 6.61 Å². The molecule has 0 aromatic heterocycles. The predicted molar refractivity (Wildman–Crippen MR) is 55.2 cm³/mol. The molecule has 0 fully saturated rings. The van der Waals surface area contributed by atoms with Crippen molar-refractivity contribution >= 4 is 27.9 Å². The molecule has 14 heavy (non-hydrogen) atoms. The minimum Gasteiger partial charge on any atom is -0.466 e. The fraction of sp³-hybridized carbons (Fsp3) is 0.778. The van der Waals surface area contributed by atoms with E-state index in [-0.39, 0.29) is 25.0 Å². The van der Waals surface area contributed by atoms with E-state index >= 15 is 0 Å². The van der Waals surface area contributed by atoms with E-state index in [0.717, 1.165) is 18.2 Å². The second-order valence-corrected chi connectivity index (χ2v) is 3.50. The maximum absolute atomic E-state index is 11.0. The second-order valence-electron chi connectivity index (χ2n) is 2.71. The minimum absolute atomic E-state index is 0.104. The van der Waals surface area contributed by atoms with Crippen molar-refractivity contribution in [3.05, 3.63) is 0 Å². The molecule has 0 saturated heterocycles. The lowest BCUT2D eigenvalue weighted by atomic mass is 10.3. The molecule has 0 rings (SSSR count). The van der Waals surface area contributed by atoms with Crippen molar-refractivity contribution in [1.82, 2.24) is 0 Å². The first-order valence-electron chi connectivity index (χ1n) is 4.51. The molecule has 0 N–H and O–H groups in total. The third kappa shape index (κ3) is 9.51. The summed E-state index contributed by atoms with van der Waals surface area (Å²) in [6.07, 6.45) is 1.97. The van der Waals surface area contributed by atoms with Gasteiger partial charge in [-0.15, -0.1) is 0 Å². The fourth-order valence-electron chi connectivity index (χ4n) is 0.733. The normalized spacial score (nSPS) is 9.57. The third-order valence-corrected chi connectivity index (χ3v) is 1.96. The molecule has 0 atom stereocenters. The van der Waals surface area contributed by atoms with Crippen LogP contribution in [-0.2, 0) is 19.1 Å². The van der Waals surface area contributed by atoms with Gasteiger partial charge in [0.1, 0.15) is 6.61 Å². The number of hydrogen-bond acceptors (Lipinski definition) is 4. The number of unbranched alkanes of at least 4 members (excludes halogenated alkanes) is 1. The molecule has 82 valence electrons. The molecule has 0 amide bonds. The summed E-state index contributed by atoms with van der Waals surface area (Å²) in [6, 6.07) is 0. The van der Waals surface area contributed by atoms with Crippen molar-refractivity contribution in [3.63, 3.8) is 0 Å². The molecule has 0 unspecified atom stereocenters. The summed E-state index contributed by atoms with van der Waals surface area (Å²) in [5, 5.41) is 0.915. The Morgan fingerprint density at radius 1 is 1.14 bits per heavy atom. The highest BCUT2D eigenvalue weighted by Gasteiger charge is 2.03. The minimum atomic E-state index is -0.378. The highest BCUT2D eigenvalue weighted by molar-refractivity contribution is 9.09. The van der Waals surface area contributed by atoms with E-state index in [1.54, 1.807) is 0 Å². The quantitative estimate of drug-likeness (QED) is 0.400. The van der Waals surface area contributed by atoms with Crippen LogP contribution in [0.5, 0.6) is 0 Å². The molecule has 5 heteroatoms. The van der Waals surface area contributed by atoms with E-state index in [1.807, 2.05) is 0 Å². The fourth-order valence-corrected chi connectivity index (χ4v) is 1.13. The maximum Gasteiger partial charge on any atom is 0.309 e. The third-order valence-electron chi connectivity index (χ3n) is 1.40. The monoisotopic (exact) mass is 266 g/mol. The van der Waals surface area contributed by atoms with Gasteiger partial charge in [0.25, 0.3) is 0 Å². The van der Waals surface area contributed by atoms with Gasteiger partial charge in [-0.2, -0.15) is 0 Å². The van der Waals surface area contributed by atoms with Gasteiger partial charge in [-0.25, -0.2) is 0 Å². The lowest BCUT2D eigenvalue weighted by Gasteiger charge is -2.03. The average molecular weight is 267 g/mol. The van der Waals surface area contributed by atoms with Gasteiger partial charge in [-0.3, -0.25) is 9.59 Å². The summed E-state index contributed by atoms with van der Waals surface area (Å²) in [6.45, 7) is 1.85. The summed E-state index contributed by atoms with van der Waals surface area (Å²) in [5.41, 5.74) is 0. The van der Waals surface area contributed by atoms with Gasteiger partial charge in [0.2, 0.25) is 0 Å². The van der Waals surface area contributed by atoms with E-state index in [4.69, 9.17) is 4.74 Å². The van der Waals surface area contributed by atoms with Gasteiger partial charge in [0, 0.05) is 12.3 Å². The first kappa shape index (κ1) is 13.4. The molecule has 0 aliphatic carbocycles. The Bertz CT molecular complexity index is 182. The summed E-state index contributed by atoms with van der Waals surface area (Å²) in [7, 11) is 0. The van der Waals surface area contributed by atoms with Crippen LogP contribution in [0.25, 0.3) is 0 Å². The van der Waals surface area contributed by atoms with Crippen LogP contribution in [0.15, 0.2) is 0 Å². The molecule has 0 saturated carbocycles. The summed E-state index contributed by atoms with van der Waals surface area (Å²) < 4.78 is 9.47. The van der Waals surface area contributed by atoms with Crippen molar-refractivity contribution in [2.45, 2.75) is 26.2 Å². The Morgan fingerprint density at radius 3 is 2.43 bits per heavy atom. The summed E-state index contributed by atoms with van der Waals surface area (Å²) in [4.78, 5) is 21.3. The van der Waals surface area contributed by atoms with Crippen LogP contribution in [0.4, 0.5) is 0 Å². The standard InChI is InChI=1S/C9H15BrO4/c1-8(11)13-7-4-9(12)14-6-3-2-5-10/h2-7H2,1H3. The number of alkyl halides is 1. The maximum atomic E-state index is 11.0. The topological polar surface area (TPSA) is 52.6 Å². The van der Waals surface area contributed by atoms with Gasteiger partial charge >= 0.3 is 11.9 Å². The molecular formula is C9H15BrO4. The van der Waals surface area contributed by atoms with Gasteiger partial charge in [0.05, 0.1) is 13.0 Å². The molecule has 0 aromatic carbocycles. The van der Waals surface area contributed by atoms with Gasteiger partial charge < -0.3 is 9.47 Å². The van der Waals surface area contributed by atoms with Crippen molar-refractivity contribution in [3.8, 4) is 0 Å². The van der Waals surface area contributed by atoms with Gasteiger partial charge in [-0.1, -0.05) is 15.9 Å². The molecule has 0 spiro atoms. The molecule has 4 nitrogen and oxygen atoms in total. The van der Waals surface area contributed by atoms with Crippen LogP contribution in [0.1, 0.15) is 26.2 Å². The van der Waals surface area contributed by atoms with Crippen molar-refractivity contribution in [1.29, 1.82) is 0 Å². The number of carbonyl (C=O) groups excluding carboxylic acids is 2. The van der Waals surface area contributed by atoms with Crippen LogP contribution in [0.2, 0.25) is 0 Å². The van der Waals surface area contributed by atoms with E-state index in [1.165, 1.54) is 6.92 Å². The Balaban J connectivity index is 3.24. The lowest BCUT2D eigenvalue weighted by molar-refractivity contribution is -0.148. The zero-order valence-corrected chi connectivity index (χ0v) is 9.84. The average Bonchev–Trinajstić information content (AvgIpc) is 2.12. The number of ether oxygens (including phenoxy) is 2. The molecule has 0 aromatic rings. The highest BCUT2D eigenvalue weighted by Crippen LogP contribution is 1.96. The first-order valence-corrected chi connectivity index (χ1v) is 5.64. The van der Waals surface area contributed by atoms with E-state index < -0.39 is 0 Å². The van der Waals surface area contributed by atoms with Crippen LogP contribution < -0.4 is 0 Å². The van der Waals surface area contributed by atoms with E-state index in [9.17, 15) is 9.59 Å². The SMILES string of the molecule is CC(=O)OCCC(=O)OCCCCBr. The highest BCUT2D eigenvalue weighted by atomic mass is 79.9. The smallest absolute Gasteiger partial charge is 0.309 e. The zero-order valence-electron chi connectivity index (χ0n) is 8.25. The number of rotatable bonds is 7. The second kappa shape index (κ2) is 8.99. The van der Waals surface area contributed by atoms with Crippen LogP contribution in [-0.4, -0.2) is 30.5 Å². The van der Waals surface area contributed by atoms with Crippen molar-refractivity contribution < 1.29 is 19.1 Å². The van der Waals surface area contributed by atoms with Gasteiger partial charge in [0.15, 0.2) is 0 Å². The Hall–Kier alpha value is -0.580. The lowest BCUT2D eigenvalue weighted by Crippen LogP contribution is -2.11. The van der Waals surface area contributed by atoms with E-state index in [2.05, 4.69) is 20.7 Å². The first-order chi connectivity index (χ1) is 6.66. The van der Waals surface area contributed by atoms with Crippen LogP contribution in [0, 0.1) is 0 Å². The number of esters is 2. The van der Waals surface area contributed by atoms with Crippen molar-refractivity contribution in [2.24, 2.45) is 0 Å². The summed E-state index contributed by atoms with van der Waals surface area (Å²) >= 11 is 3.28. The largest absolute Gasteiger partial charge is 0.466 e. The molecule has 0 bridgehead atoms. The van der Waals surface area contributed by atoms with Crippen molar-refractivity contribution in [2.75, 3.05) is 18.5 Å². The zero-order chi connectivity index (χ0) is 10.8. The van der Waals surface area contributed by atoms with Crippen LogP contribution >= 0.6 is 15.9 Å². The van der Waals surface area contributed by atoms with Gasteiger partial charge in [-0.05, 0) is 12.8 Å². The Kier molecular flexibility index (Phi) is 8.62. The number of hydrogen-bond donors (Lipinski definition) is 0. The predicted octanol–water partition coefficient (Wildman–Crippen LogP) is 1.66. The molecular weight excluding hydrogens is 252 g/mol. The Morgan fingerprint density at radius 2 is 1.86 bits per heavy atom. The van der Waals surface area contributed by atoms with Crippen LogP contribution in [0.3, 0.4) is 0 Å². The number of carbonyl (C=O) groups is 2.